The summed E-state index contributed by atoms with van der Waals surface area (Å²) in [6.45, 7) is 3.36. The van der Waals surface area contributed by atoms with E-state index in [1.165, 1.54) is 12.1 Å². The highest BCUT2D eigenvalue weighted by atomic mass is 19.1. The summed E-state index contributed by atoms with van der Waals surface area (Å²) in [5.74, 6) is 0.242. The lowest BCUT2D eigenvalue weighted by molar-refractivity contribution is 0.628. The summed E-state index contributed by atoms with van der Waals surface area (Å²) < 4.78 is 13.1. The fraction of sp³-hybridized carbons (Fsp3) is 0.364. The van der Waals surface area contributed by atoms with E-state index >= 15 is 0 Å². The molecule has 1 aliphatic rings. The SMILES string of the molecule is CCN=C(N)N1CCc2ccc(F)cc21. The summed E-state index contributed by atoms with van der Waals surface area (Å²) >= 11 is 0. The lowest BCUT2D eigenvalue weighted by Gasteiger charge is -2.17. The van der Waals surface area contributed by atoms with Crippen molar-refractivity contribution in [3.63, 3.8) is 0 Å². The van der Waals surface area contributed by atoms with Crippen molar-refractivity contribution in [3.05, 3.63) is 29.6 Å². The van der Waals surface area contributed by atoms with Gasteiger partial charge in [-0.25, -0.2) is 4.39 Å². The molecule has 1 heterocycles. The molecule has 0 amide bonds. The molecule has 2 rings (SSSR count). The van der Waals surface area contributed by atoms with Gasteiger partial charge in [-0.2, -0.15) is 0 Å². The van der Waals surface area contributed by atoms with E-state index in [0.717, 1.165) is 24.2 Å². The van der Waals surface area contributed by atoms with Gasteiger partial charge in [-0.1, -0.05) is 6.07 Å². The topological polar surface area (TPSA) is 41.6 Å². The number of nitrogens with two attached hydrogens (primary N) is 1. The summed E-state index contributed by atoms with van der Waals surface area (Å²) in [4.78, 5) is 6.00. The molecule has 0 bridgehead atoms. The van der Waals surface area contributed by atoms with Gasteiger partial charge in [0.05, 0.1) is 0 Å². The molecule has 0 radical (unpaired) electrons. The van der Waals surface area contributed by atoms with Crippen LogP contribution in [0.2, 0.25) is 0 Å². The molecular weight excluding hydrogens is 193 g/mol. The Bertz CT molecular complexity index is 401. The van der Waals surface area contributed by atoms with Crippen LogP contribution in [0.3, 0.4) is 0 Å². The summed E-state index contributed by atoms with van der Waals surface area (Å²) in [7, 11) is 0. The number of halogens is 1. The Morgan fingerprint density at radius 2 is 2.40 bits per heavy atom. The zero-order valence-corrected chi connectivity index (χ0v) is 8.70. The zero-order chi connectivity index (χ0) is 10.8. The number of hydrogen-bond acceptors (Lipinski definition) is 1. The van der Waals surface area contributed by atoms with Crippen LogP contribution in [0.25, 0.3) is 0 Å². The first kappa shape index (κ1) is 9.96. The second-order valence-electron chi connectivity index (χ2n) is 3.51. The van der Waals surface area contributed by atoms with Crippen molar-refractivity contribution in [2.24, 2.45) is 10.7 Å². The fourth-order valence-corrected chi connectivity index (χ4v) is 1.84. The van der Waals surface area contributed by atoms with Crippen molar-refractivity contribution in [2.45, 2.75) is 13.3 Å². The third-order valence-corrected chi connectivity index (χ3v) is 2.54. The second-order valence-corrected chi connectivity index (χ2v) is 3.51. The Morgan fingerprint density at radius 3 is 3.13 bits per heavy atom. The van der Waals surface area contributed by atoms with Crippen molar-refractivity contribution in [1.29, 1.82) is 0 Å². The van der Waals surface area contributed by atoms with Crippen LogP contribution in [0.4, 0.5) is 10.1 Å². The maximum atomic E-state index is 13.1. The summed E-state index contributed by atoms with van der Waals surface area (Å²) in [6.07, 6.45) is 0.898. The first-order valence-electron chi connectivity index (χ1n) is 5.08. The minimum absolute atomic E-state index is 0.232. The molecule has 0 saturated heterocycles. The first-order chi connectivity index (χ1) is 7.22. The van der Waals surface area contributed by atoms with Gasteiger partial charge in [0, 0.05) is 18.8 Å². The Hall–Kier alpha value is -1.58. The van der Waals surface area contributed by atoms with Crippen LogP contribution < -0.4 is 10.6 Å². The van der Waals surface area contributed by atoms with Crippen molar-refractivity contribution in [1.82, 2.24) is 0 Å². The smallest absolute Gasteiger partial charge is 0.195 e. The van der Waals surface area contributed by atoms with Crippen molar-refractivity contribution in [2.75, 3.05) is 18.0 Å². The molecule has 80 valence electrons. The maximum absolute atomic E-state index is 13.1. The van der Waals surface area contributed by atoms with Gasteiger partial charge in [0.25, 0.3) is 0 Å². The van der Waals surface area contributed by atoms with E-state index in [2.05, 4.69) is 4.99 Å². The molecule has 0 aliphatic carbocycles. The van der Waals surface area contributed by atoms with Crippen LogP contribution in [-0.4, -0.2) is 19.0 Å². The number of guanidine groups is 1. The first-order valence-corrected chi connectivity index (χ1v) is 5.08. The monoisotopic (exact) mass is 207 g/mol. The highest BCUT2D eigenvalue weighted by molar-refractivity contribution is 5.96. The van der Waals surface area contributed by atoms with Gasteiger partial charge in [0.1, 0.15) is 5.82 Å². The van der Waals surface area contributed by atoms with Gasteiger partial charge >= 0.3 is 0 Å². The minimum Gasteiger partial charge on any atom is -0.370 e. The van der Waals surface area contributed by atoms with E-state index in [-0.39, 0.29) is 5.82 Å². The number of fused-ring (bicyclic) bond motifs is 1. The van der Waals surface area contributed by atoms with Crippen LogP contribution in [0, 0.1) is 5.82 Å². The molecule has 3 nitrogen and oxygen atoms in total. The molecule has 1 aromatic carbocycles. The van der Waals surface area contributed by atoms with Crippen LogP contribution in [0.1, 0.15) is 12.5 Å². The van der Waals surface area contributed by atoms with E-state index in [9.17, 15) is 4.39 Å². The van der Waals surface area contributed by atoms with Gasteiger partial charge in [0.15, 0.2) is 5.96 Å². The predicted molar refractivity (Wildman–Crippen MR) is 59.6 cm³/mol. The molecule has 0 spiro atoms. The molecule has 0 atom stereocenters. The molecule has 0 unspecified atom stereocenters. The molecule has 4 heteroatoms. The Labute approximate surface area is 88.4 Å². The van der Waals surface area contributed by atoms with Crippen LogP contribution in [-0.2, 0) is 6.42 Å². The zero-order valence-electron chi connectivity index (χ0n) is 8.70. The van der Waals surface area contributed by atoms with Crippen LogP contribution in [0.15, 0.2) is 23.2 Å². The van der Waals surface area contributed by atoms with E-state index < -0.39 is 0 Å². The average molecular weight is 207 g/mol. The Kier molecular flexibility index (Phi) is 2.58. The largest absolute Gasteiger partial charge is 0.370 e. The van der Waals surface area contributed by atoms with Crippen molar-refractivity contribution >= 4 is 11.6 Å². The molecule has 0 aromatic heterocycles. The van der Waals surface area contributed by atoms with Gasteiger partial charge in [-0.05, 0) is 31.0 Å². The Morgan fingerprint density at radius 1 is 1.60 bits per heavy atom. The molecule has 0 fully saturated rings. The predicted octanol–water partition coefficient (Wildman–Crippen LogP) is 1.52. The van der Waals surface area contributed by atoms with E-state index in [1.54, 1.807) is 0 Å². The van der Waals surface area contributed by atoms with Crippen molar-refractivity contribution < 1.29 is 4.39 Å². The highest BCUT2D eigenvalue weighted by Crippen LogP contribution is 2.28. The van der Waals surface area contributed by atoms with E-state index in [0.29, 0.717) is 12.5 Å². The van der Waals surface area contributed by atoms with Crippen molar-refractivity contribution in [3.8, 4) is 0 Å². The molecule has 2 N–H and O–H groups in total. The van der Waals surface area contributed by atoms with Crippen LogP contribution in [0.5, 0.6) is 0 Å². The van der Waals surface area contributed by atoms with E-state index in [1.807, 2.05) is 17.9 Å². The average Bonchev–Trinajstić information content (AvgIpc) is 2.60. The molecule has 15 heavy (non-hydrogen) atoms. The third-order valence-electron chi connectivity index (χ3n) is 2.54. The number of anilines is 1. The number of nitrogens with zero attached hydrogens (tertiary/aromatic N) is 2. The second kappa shape index (κ2) is 3.88. The maximum Gasteiger partial charge on any atom is 0.195 e. The third kappa shape index (κ3) is 1.79. The number of benzene rings is 1. The molecular formula is C11H14FN3. The van der Waals surface area contributed by atoms with Gasteiger partial charge in [0.2, 0.25) is 0 Å². The number of aliphatic imine (C=N–C) groups is 1. The highest BCUT2D eigenvalue weighted by Gasteiger charge is 2.21. The summed E-state index contributed by atoms with van der Waals surface area (Å²) in [6, 6.07) is 4.81. The molecule has 1 aromatic rings. The lowest BCUT2D eigenvalue weighted by atomic mass is 10.2. The van der Waals surface area contributed by atoms with Gasteiger partial charge in [-0.15, -0.1) is 0 Å². The fourth-order valence-electron chi connectivity index (χ4n) is 1.84. The van der Waals surface area contributed by atoms with E-state index in [4.69, 9.17) is 5.73 Å². The number of hydrogen-bond donors (Lipinski definition) is 1. The standard InChI is InChI=1S/C11H14FN3/c1-2-14-11(13)15-6-5-8-3-4-9(12)7-10(8)15/h3-4,7H,2,5-6H2,1H3,(H2,13,14). The summed E-state index contributed by atoms with van der Waals surface area (Å²) in [5, 5.41) is 0. The molecule has 1 aliphatic heterocycles. The quantitative estimate of drug-likeness (QED) is 0.560. The van der Waals surface area contributed by atoms with Gasteiger partial charge in [-0.3, -0.25) is 4.99 Å². The Balaban J connectivity index is 2.35. The lowest BCUT2D eigenvalue weighted by Crippen LogP contribution is -2.36. The summed E-state index contributed by atoms with van der Waals surface area (Å²) in [5.41, 5.74) is 7.79. The van der Waals surface area contributed by atoms with Crippen LogP contribution >= 0.6 is 0 Å². The normalized spacial score (nSPS) is 15.6. The van der Waals surface area contributed by atoms with Gasteiger partial charge < -0.3 is 10.6 Å². The number of rotatable bonds is 1. The minimum atomic E-state index is -0.232. The molecule has 0 saturated carbocycles.